The summed E-state index contributed by atoms with van der Waals surface area (Å²) < 4.78 is 0. The molecule has 0 aromatic carbocycles. The van der Waals surface area contributed by atoms with Gasteiger partial charge in [0.1, 0.15) is 5.82 Å². The number of piperazine rings is 1. The van der Waals surface area contributed by atoms with Crippen LogP contribution in [0.5, 0.6) is 0 Å². The third-order valence-electron chi connectivity index (χ3n) is 4.89. The van der Waals surface area contributed by atoms with E-state index in [-0.39, 0.29) is 0 Å². The van der Waals surface area contributed by atoms with Gasteiger partial charge < -0.3 is 10.2 Å². The molecule has 1 atom stereocenters. The molecule has 0 bridgehead atoms. The van der Waals surface area contributed by atoms with Gasteiger partial charge >= 0.3 is 0 Å². The number of hydrogen-bond donors (Lipinski definition) is 1. The van der Waals surface area contributed by atoms with Crippen LogP contribution in [0, 0.1) is 0 Å². The molecule has 108 valence electrons. The molecule has 1 N–H and O–H groups in total. The van der Waals surface area contributed by atoms with Gasteiger partial charge in [-0.3, -0.25) is 4.90 Å². The Hall–Kier alpha value is -1.13. The van der Waals surface area contributed by atoms with Crippen LogP contribution >= 0.6 is 0 Å². The first-order valence-electron chi connectivity index (χ1n) is 8.06. The van der Waals surface area contributed by atoms with Gasteiger partial charge in [0.25, 0.3) is 0 Å². The zero-order valence-corrected chi connectivity index (χ0v) is 12.1. The van der Waals surface area contributed by atoms with E-state index >= 15 is 0 Å². The first kappa shape index (κ1) is 12.6. The summed E-state index contributed by atoms with van der Waals surface area (Å²) in [7, 11) is 0. The van der Waals surface area contributed by atoms with E-state index in [9.17, 15) is 0 Å². The number of nitrogens with one attached hydrogen (secondary N) is 1. The SMILES string of the molecule is c1cc(CNC2CC2)cc(N2CCN3CCCC3C2)n1. The highest BCUT2D eigenvalue weighted by Crippen LogP contribution is 2.25. The van der Waals surface area contributed by atoms with Crippen LogP contribution in [0.2, 0.25) is 0 Å². The Morgan fingerprint density at radius 3 is 3.05 bits per heavy atom. The van der Waals surface area contributed by atoms with Gasteiger partial charge in [-0.05, 0) is 49.9 Å². The quantitative estimate of drug-likeness (QED) is 0.902. The van der Waals surface area contributed by atoms with Gasteiger partial charge in [-0.2, -0.15) is 0 Å². The lowest BCUT2D eigenvalue weighted by atomic mass is 10.1. The summed E-state index contributed by atoms with van der Waals surface area (Å²) in [4.78, 5) is 9.73. The Labute approximate surface area is 121 Å². The summed E-state index contributed by atoms with van der Waals surface area (Å²) in [5.74, 6) is 1.17. The van der Waals surface area contributed by atoms with E-state index in [2.05, 4.69) is 32.2 Å². The third kappa shape index (κ3) is 2.67. The third-order valence-corrected chi connectivity index (χ3v) is 4.89. The molecule has 0 amide bonds. The molecule has 0 radical (unpaired) electrons. The average Bonchev–Trinajstić information content (AvgIpc) is 3.20. The zero-order chi connectivity index (χ0) is 13.4. The predicted molar refractivity (Wildman–Crippen MR) is 80.9 cm³/mol. The smallest absolute Gasteiger partial charge is 0.128 e. The molecule has 3 fully saturated rings. The van der Waals surface area contributed by atoms with E-state index in [1.807, 2.05) is 6.20 Å². The molecule has 2 aliphatic heterocycles. The molecule has 4 heteroatoms. The van der Waals surface area contributed by atoms with Crippen molar-refractivity contribution in [3.63, 3.8) is 0 Å². The fraction of sp³-hybridized carbons (Fsp3) is 0.688. The number of fused-ring (bicyclic) bond motifs is 1. The molecule has 1 aliphatic carbocycles. The van der Waals surface area contributed by atoms with Crippen LogP contribution in [0.4, 0.5) is 5.82 Å². The zero-order valence-electron chi connectivity index (χ0n) is 12.1. The number of hydrogen-bond acceptors (Lipinski definition) is 4. The lowest BCUT2D eigenvalue weighted by Crippen LogP contribution is -2.50. The fourth-order valence-corrected chi connectivity index (χ4v) is 3.49. The summed E-state index contributed by atoms with van der Waals surface area (Å²) in [5.41, 5.74) is 1.37. The number of nitrogens with zero attached hydrogens (tertiary/aromatic N) is 3. The first-order valence-corrected chi connectivity index (χ1v) is 8.06. The highest BCUT2D eigenvalue weighted by molar-refractivity contribution is 5.42. The highest BCUT2D eigenvalue weighted by atomic mass is 15.3. The Bertz CT molecular complexity index is 471. The molecule has 0 spiro atoms. The summed E-state index contributed by atoms with van der Waals surface area (Å²) in [5, 5.41) is 3.59. The maximum Gasteiger partial charge on any atom is 0.128 e. The van der Waals surface area contributed by atoms with Gasteiger partial charge in [0.2, 0.25) is 0 Å². The van der Waals surface area contributed by atoms with Gasteiger partial charge in [-0.15, -0.1) is 0 Å². The van der Waals surface area contributed by atoms with Crippen LogP contribution in [-0.2, 0) is 6.54 Å². The summed E-state index contributed by atoms with van der Waals surface area (Å²) in [6.45, 7) is 5.78. The second-order valence-corrected chi connectivity index (χ2v) is 6.46. The molecular formula is C16H24N4. The lowest BCUT2D eigenvalue weighted by Gasteiger charge is -2.38. The minimum absolute atomic E-state index is 0.763. The van der Waals surface area contributed by atoms with E-state index in [4.69, 9.17) is 0 Å². The van der Waals surface area contributed by atoms with E-state index in [0.29, 0.717) is 0 Å². The van der Waals surface area contributed by atoms with Gasteiger partial charge in [-0.25, -0.2) is 4.98 Å². The average molecular weight is 272 g/mol. The molecule has 1 aromatic rings. The predicted octanol–water partition coefficient (Wildman–Crippen LogP) is 1.62. The van der Waals surface area contributed by atoms with Gasteiger partial charge in [0, 0.05) is 44.5 Å². The second kappa shape index (κ2) is 5.34. The summed E-state index contributed by atoms with van der Waals surface area (Å²) >= 11 is 0. The largest absolute Gasteiger partial charge is 0.354 e. The van der Waals surface area contributed by atoms with Crippen molar-refractivity contribution in [2.45, 2.75) is 44.3 Å². The summed E-state index contributed by atoms with van der Waals surface area (Å²) in [6.07, 6.45) is 7.40. The van der Waals surface area contributed by atoms with Crippen LogP contribution in [-0.4, -0.2) is 48.1 Å². The number of anilines is 1. The second-order valence-electron chi connectivity index (χ2n) is 6.46. The van der Waals surface area contributed by atoms with E-state index in [1.165, 1.54) is 50.2 Å². The topological polar surface area (TPSA) is 31.4 Å². The Morgan fingerprint density at radius 2 is 2.15 bits per heavy atom. The number of aromatic nitrogens is 1. The first-order chi connectivity index (χ1) is 9.88. The fourth-order valence-electron chi connectivity index (χ4n) is 3.49. The molecule has 1 saturated carbocycles. The minimum Gasteiger partial charge on any atom is -0.354 e. The van der Waals surface area contributed by atoms with Crippen molar-refractivity contribution in [3.8, 4) is 0 Å². The van der Waals surface area contributed by atoms with Crippen LogP contribution in [0.3, 0.4) is 0 Å². The van der Waals surface area contributed by atoms with Crippen LogP contribution < -0.4 is 10.2 Å². The van der Waals surface area contributed by atoms with Crippen molar-refractivity contribution in [3.05, 3.63) is 23.9 Å². The van der Waals surface area contributed by atoms with E-state index < -0.39 is 0 Å². The molecule has 3 heterocycles. The maximum absolute atomic E-state index is 4.60. The van der Waals surface area contributed by atoms with Gasteiger partial charge in [0.05, 0.1) is 0 Å². The van der Waals surface area contributed by atoms with E-state index in [1.54, 1.807) is 0 Å². The molecule has 2 saturated heterocycles. The molecule has 4 nitrogen and oxygen atoms in total. The molecule has 3 aliphatic rings. The molecule has 1 aromatic heterocycles. The molecule has 1 unspecified atom stereocenters. The Kier molecular flexibility index (Phi) is 3.36. The minimum atomic E-state index is 0.763. The van der Waals surface area contributed by atoms with Gasteiger partial charge in [0.15, 0.2) is 0 Å². The summed E-state index contributed by atoms with van der Waals surface area (Å²) in [6, 6.07) is 5.96. The maximum atomic E-state index is 4.60. The van der Waals surface area contributed by atoms with Gasteiger partial charge in [-0.1, -0.05) is 0 Å². The van der Waals surface area contributed by atoms with Crippen molar-refractivity contribution in [1.29, 1.82) is 0 Å². The molecule has 20 heavy (non-hydrogen) atoms. The monoisotopic (exact) mass is 272 g/mol. The molecular weight excluding hydrogens is 248 g/mol. The Morgan fingerprint density at radius 1 is 1.20 bits per heavy atom. The normalized spacial score (nSPS) is 26.8. The van der Waals surface area contributed by atoms with Crippen LogP contribution in [0.25, 0.3) is 0 Å². The number of pyridine rings is 1. The lowest BCUT2D eigenvalue weighted by molar-refractivity contribution is 0.230. The highest BCUT2D eigenvalue weighted by Gasteiger charge is 2.31. The van der Waals surface area contributed by atoms with E-state index in [0.717, 1.165) is 31.7 Å². The van der Waals surface area contributed by atoms with Crippen molar-refractivity contribution < 1.29 is 0 Å². The van der Waals surface area contributed by atoms with Crippen molar-refractivity contribution in [2.75, 3.05) is 31.1 Å². The Balaban J connectivity index is 1.42. The van der Waals surface area contributed by atoms with Crippen LogP contribution in [0.15, 0.2) is 18.3 Å². The standard InChI is InChI=1S/C16H24N4/c1-2-15-12-20(9-8-19(15)7-1)16-10-13(5-6-17-16)11-18-14-3-4-14/h5-6,10,14-15,18H,1-4,7-9,11-12H2. The molecule has 4 rings (SSSR count). The van der Waals surface area contributed by atoms with Crippen LogP contribution in [0.1, 0.15) is 31.2 Å². The van der Waals surface area contributed by atoms with Crippen molar-refractivity contribution in [2.24, 2.45) is 0 Å². The van der Waals surface area contributed by atoms with Crippen molar-refractivity contribution >= 4 is 5.82 Å². The van der Waals surface area contributed by atoms with Crippen molar-refractivity contribution in [1.82, 2.24) is 15.2 Å². The number of rotatable bonds is 4.